The second kappa shape index (κ2) is 8.05. The molecule has 0 spiro atoms. The number of hydrogen-bond donors (Lipinski definition) is 3. The maximum absolute atomic E-state index is 8.80. The molecule has 3 nitrogen and oxygen atoms in total. The first-order valence-electron chi connectivity index (χ1n) is 12.2. The van der Waals surface area contributed by atoms with Gasteiger partial charge in [0.15, 0.2) is 5.96 Å². The molecule has 2 aliphatic carbocycles. The molecule has 3 N–H and O–H groups in total. The fourth-order valence-electron chi connectivity index (χ4n) is 6.14. The number of guanidine groups is 1. The quantitative estimate of drug-likeness (QED) is 0.151. The summed E-state index contributed by atoms with van der Waals surface area (Å²) in [6.07, 6.45) is 0. The first-order chi connectivity index (χ1) is 17.8. The van der Waals surface area contributed by atoms with Crippen LogP contribution in [0.3, 0.4) is 0 Å². The van der Waals surface area contributed by atoms with Gasteiger partial charge in [-0.1, -0.05) is 97.1 Å². The van der Waals surface area contributed by atoms with Crippen molar-refractivity contribution in [2.75, 3.05) is 10.6 Å². The molecular weight excluding hydrogens is 518 g/mol. The van der Waals surface area contributed by atoms with Crippen LogP contribution in [0, 0.1) is 5.41 Å². The highest BCUT2D eigenvalue weighted by atomic mass is 79.9. The van der Waals surface area contributed by atoms with Crippen LogP contribution in [0.2, 0.25) is 0 Å². The van der Waals surface area contributed by atoms with Gasteiger partial charge in [0, 0.05) is 22.1 Å². The molecule has 0 amide bonds. The van der Waals surface area contributed by atoms with Crippen molar-refractivity contribution in [2.24, 2.45) is 0 Å². The molecule has 8 rings (SSSR count). The summed E-state index contributed by atoms with van der Waals surface area (Å²) in [5.41, 5.74) is 12.0. The van der Waals surface area contributed by atoms with Crippen molar-refractivity contribution >= 4 is 55.9 Å². The van der Waals surface area contributed by atoms with Crippen LogP contribution in [0.25, 0.3) is 66.1 Å². The molecule has 0 heterocycles. The number of benzene rings is 6. The molecule has 0 saturated heterocycles. The summed E-state index contributed by atoms with van der Waals surface area (Å²) in [5.74, 6) is 0.252. The molecule has 6 aromatic rings. The van der Waals surface area contributed by atoms with E-state index in [-0.39, 0.29) is 22.9 Å². The standard InChI is InChI=1S/C33H21N3.BrH/c34-33(35-29-17-15-25-21-9-3-1-7-19(21)23-11-5-13-27(29)31(23)25)36-30-18-16-26-22-10-4-2-8-20(22)24-12-6-14-28(30)32(24)26;/h1-18H,(H3,34,35,36);1H. The third kappa shape index (κ3) is 3.03. The summed E-state index contributed by atoms with van der Waals surface area (Å²) in [5, 5.41) is 20.2. The van der Waals surface area contributed by atoms with Crippen LogP contribution in [0.5, 0.6) is 0 Å². The first kappa shape index (κ1) is 21.8. The van der Waals surface area contributed by atoms with Crippen molar-refractivity contribution < 1.29 is 0 Å². The Hall–Kier alpha value is -4.41. The van der Waals surface area contributed by atoms with Crippen LogP contribution in [0.15, 0.2) is 109 Å². The topological polar surface area (TPSA) is 47.9 Å². The van der Waals surface area contributed by atoms with E-state index < -0.39 is 0 Å². The smallest absolute Gasteiger partial charge is 0.197 e. The second-order valence-electron chi connectivity index (χ2n) is 9.49. The maximum atomic E-state index is 8.80. The lowest BCUT2D eigenvalue weighted by molar-refractivity contribution is 1.44. The molecule has 0 unspecified atom stereocenters. The minimum atomic E-state index is 0. The Balaban J connectivity index is 0.00000231. The average molecular weight is 540 g/mol. The third-order valence-electron chi connectivity index (χ3n) is 7.62. The number of rotatable bonds is 2. The highest BCUT2D eigenvalue weighted by Gasteiger charge is 2.23. The van der Waals surface area contributed by atoms with Crippen molar-refractivity contribution in [3.05, 3.63) is 109 Å². The van der Waals surface area contributed by atoms with Crippen LogP contribution < -0.4 is 10.6 Å². The Morgan fingerprint density at radius 2 is 0.757 bits per heavy atom. The van der Waals surface area contributed by atoms with Crippen molar-refractivity contribution in [1.82, 2.24) is 0 Å². The fourth-order valence-corrected chi connectivity index (χ4v) is 6.14. The van der Waals surface area contributed by atoms with Gasteiger partial charge >= 0.3 is 0 Å². The molecule has 0 aliphatic heterocycles. The number of hydrogen-bond acceptors (Lipinski definition) is 1. The summed E-state index contributed by atoms with van der Waals surface area (Å²) in [6, 6.07) is 38.5. The van der Waals surface area contributed by atoms with Crippen LogP contribution in [0.1, 0.15) is 0 Å². The molecule has 0 aromatic heterocycles. The molecule has 176 valence electrons. The Morgan fingerprint density at radius 1 is 0.405 bits per heavy atom. The van der Waals surface area contributed by atoms with Crippen molar-refractivity contribution in [2.45, 2.75) is 0 Å². The van der Waals surface area contributed by atoms with E-state index in [2.05, 4.69) is 120 Å². The van der Waals surface area contributed by atoms with Gasteiger partial charge in [-0.2, -0.15) is 0 Å². The highest BCUT2D eigenvalue weighted by molar-refractivity contribution is 8.93. The summed E-state index contributed by atoms with van der Waals surface area (Å²) in [6.45, 7) is 0. The number of nitrogens with one attached hydrogen (secondary N) is 3. The predicted octanol–water partition coefficient (Wildman–Crippen LogP) is 9.32. The molecular formula is C33H22BrN3. The van der Waals surface area contributed by atoms with Crippen LogP contribution in [-0.2, 0) is 0 Å². The lowest BCUT2D eigenvalue weighted by Gasteiger charge is -2.15. The van der Waals surface area contributed by atoms with E-state index in [9.17, 15) is 0 Å². The van der Waals surface area contributed by atoms with Gasteiger partial charge in [0.1, 0.15) is 0 Å². The van der Waals surface area contributed by atoms with Gasteiger partial charge in [-0.05, 0) is 67.4 Å². The second-order valence-corrected chi connectivity index (χ2v) is 9.49. The normalized spacial score (nSPS) is 11.7. The van der Waals surface area contributed by atoms with Crippen LogP contribution in [-0.4, -0.2) is 5.96 Å². The van der Waals surface area contributed by atoms with Gasteiger partial charge in [0.05, 0.1) is 0 Å². The summed E-state index contributed by atoms with van der Waals surface area (Å²) >= 11 is 0. The zero-order valence-corrected chi connectivity index (χ0v) is 21.5. The average Bonchev–Trinajstić information content (AvgIpc) is 3.43. The largest absolute Gasteiger partial charge is 0.326 e. The lowest BCUT2D eigenvalue weighted by atomic mass is 10.0. The maximum Gasteiger partial charge on any atom is 0.197 e. The first-order valence-corrected chi connectivity index (χ1v) is 12.2. The van der Waals surface area contributed by atoms with Crippen molar-refractivity contribution in [1.29, 1.82) is 5.41 Å². The zero-order valence-electron chi connectivity index (χ0n) is 19.8. The van der Waals surface area contributed by atoms with E-state index in [4.69, 9.17) is 5.41 Å². The number of halogens is 1. The fraction of sp³-hybridized carbons (Fsp3) is 0. The summed E-state index contributed by atoms with van der Waals surface area (Å²) < 4.78 is 0. The van der Waals surface area contributed by atoms with Crippen molar-refractivity contribution in [3.63, 3.8) is 0 Å². The van der Waals surface area contributed by atoms with E-state index in [1.165, 1.54) is 55.3 Å². The molecule has 0 bridgehead atoms. The van der Waals surface area contributed by atoms with E-state index in [1.807, 2.05) is 0 Å². The zero-order chi connectivity index (χ0) is 23.8. The van der Waals surface area contributed by atoms with Gasteiger partial charge in [0.25, 0.3) is 0 Å². The molecule has 37 heavy (non-hydrogen) atoms. The van der Waals surface area contributed by atoms with Gasteiger partial charge in [0.2, 0.25) is 0 Å². The minimum Gasteiger partial charge on any atom is -0.326 e. The summed E-state index contributed by atoms with van der Waals surface area (Å²) in [7, 11) is 0. The molecule has 2 aliphatic rings. The molecule has 0 fully saturated rings. The van der Waals surface area contributed by atoms with E-state index in [1.54, 1.807) is 0 Å². The van der Waals surface area contributed by atoms with Gasteiger partial charge in [-0.15, -0.1) is 17.0 Å². The molecule has 0 atom stereocenters. The lowest BCUT2D eigenvalue weighted by Crippen LogP contribution is -2.20. The van der Waals surface area contributed by atoms with E-state index >= 15 is 0 Å². The minimum absolute atomic E-state index is 0. The SMILES string of the molecule is Br.N=C(Nc1ccc2c3c(cccc13)-c1ccccc1-2)Nc1ccc2c3c(cccc13)-c1ccccc1-2. The van der Waals surface area contributed by atoms with Gasteiger partial charge in [-0.3, -0.25) is 5.41 Å². The van der Waals surface area contributed by atoms with Crippen molar-refractivity contribution in [3.8, 4) is 44.5 Å². The van der Waals surface area contributed by atoms with E-state index in [0.29, 0.717) is 0 Å². The third-order valence-corrected chi connectivity index (χ3v) is 7.62. The summed E-state index contributed by atoms with van der Waals surface area (Å²) in [4.78, 5) is 0. The molecule has 0 radical (unpaired) electrons. The van der Waals surface area contributed by atoms with E-state index in [0.717, 1.165) is 22.1 Å². The Labute approximate surface area is 225 Å². The van der Waals surface area contributed by atoms with Gasteiger partial charge < -0.3 is 10.6 Å². The predicted molar refractivity (Wildman–Crippen MR) is 162 cm³/mol. The number of anilines is 2. The van der Waals surface area contributed by atoms with Crippen LogP contribution >= 0.6 is 17.0 Å². The van der Waals surface area contributed by atoms with Crippen LogP contribution in [0.4, 0.5) is 11.4 Å². The highest BCUT2D eigenvalue weighted by Crippen LogP contribution is 2.50. The van der Waals surface area contributed by atoms with Gasteiger partial charge in [-0.25, -0.2) is 0 Å². The Morgan fingerprint density at radius 3 is 1.16 bits per heavy atom. The monoisotopic (exact) mass is 539 g/mol. The molecule has 6 aromatic carbocycles. The number of fused-ring (bicyclic) bond motifs is 6. The molecule has 0 saturated carbocycles. The Kier molecular flexibility index (Phi) is 4.75. The molecule has 4 heteroatoms. The Bertz CT molecular complexity index is 1720.